The normalized spacial score (nSPS) is 11.3. The first-order valence-electron chi connectivity index (χ1n) is 10.2. The molecule has 1 N–H and O–H groups in total. The first-order valence-corrected chi connectivity index (χ1v) is 11.4. The number of carbonyl (C=O) groups is 1. The predicted molar refractivity (Wildman–Crippen MR) is 127 cm³/mol. The highest BCUT2D eigenvalue weighted by Gasteiger charge is 2.30. The van der Waals surface area contributed by atoms with Crippen LogP contribution >= 0.6 is 22.9 Å². The maximum atomic E-state index is 13.1. The number of benzene rings is 1. The van der Waals surface area contributed by atoms with Crippen LogP contribution in [0.5, 0.6) is 11.5 Å². The summed E-state index contributed by atoms with van der Waals surface area (Å²) in [6.45, 7) is 1.75. The maximum Gasteiger partial charge on any atom is 0.416 e. The number of anilines is 1. The Morgan fingerprint density at radius 3 is 2.53 bits per heavy atom. The third-order valence-corrected chi connectivity index (χ3v) is 5.88. The summed E-state index contributed by atoms with van der Waals surface area (Å²) >= 11 is 7.13. The van der Waals surface area contributed by atoms with E-state index in [0.29, 0.717) is 27.6 Å². The van der Waals surface area contributed by atoms with Crippen molar-refractivity contribution in [2.75, 3.05) is 12.4 Å². The molecule has 0 aliphatic rings. The maximum absolute atomic E-state index is 13.1. The molecular formula is C23H17ClF3N5O3S. The van der Waals surface area contributed by atoms with E-state index < -0.39 is 17.6 Å². The van der Waals surface area contributed by atoms with Crippen LogP contribution in [0.1, 0.15) is 26.6 Å². The second-order valence-electron chi connectivity index (χ2n) is 7.34. The van der Waals surface area contributed by atoms with E-state index in [1.54, 1.807) is 19.1 Å². The highest BCUT2D eigenvalue weighted by atomic mass is 35.5. The van der Waals surface area contributed by atoms with Crippen molar-refractivity contribution in [1.82, 2.24) is 20.2 Å². The van der Waals surface area contributed by atoms with E-state index >= 15 is 0 Å². The van der Waals surface area contributed by atoms with Crippen LogP contribution in [-0.4, -0.2) is 33.2 Å². The third kappa shape index (κ3) is 5.89. The Morgan fingerprint density at radius 2 is 1.83 bits per heavy atom. The molecule has 186 valence electrons. The highest BCUT2D eigenvalue weighted by molar-refractivity contribution is 7.15. The van der Waals surface area contributed by atoms with Gasteiger partial charge in [0.2, 0.25) is 5.13 Å². The smallest absolute Gasteiger partial charge is 0.416 e. The summed E-state index contributed by atoms with van der Waals surface area (Å²) in [5.74, 6) is 0.181. The van der Waals surface area contributed by atoms with Crippen molar-refractivity contribution in [3.8, 4) is 22.6 Å². The number of hydrogen-bond acceptors (Lipinski definition) is 8. The number of nitrogens with one attached hydrogen (secondary N) is 1. The molecule has 0 saturated heterocycles. The van der Waals surface area contributed by atoms with E-state index in [0.717, 1.165) is 23.5 Å². The van der Waals surface area contributed by atoms with Gasteiger partial charge in [-0.15, -0.1) is 10.2 Å². The molecule has 4 aromatic rings. The van der Waals surface area contributed by atoms with Crippen LogP contribution in [0.2, 0.25) is 5.15 Å². The monoisotopic (exact) mass is 535 g/mol. The van der Waals surface area contributed by atoms with Crippen molar-refractivity contribution in [3.05, 3.63) is 75.8 Å². The van der Waals surface area contributed by atoms with Crippen molar-refractivity contribution in [3.63, 3.8) is 0 Å². The average Bonchev–Trinajstić information content (AvgIpc) is 3.29. The predicted octanol–water partition coefficient (Wildman–Crippen LogP) is 5.82. The molecule has 0 radical (unpaired) electrons. The zero-order chi connectivity index (χ0) is 25.9. The molecule has 1 amide bonds. The number of aromatic nitrogens is 4. The highest BCUT2D eigenvalue weighted by Crippen LogP contribution is 2.34. The van der Waals surface area contributed by atoms with Crippen LogP contribution in [0, 0.1) is 6.92 Å². The molecule has 0 aliphatic carbocycles. The van der Waals surface area contributed by atoms with E-state index in [2.05, 4.69) is 25.5 Å². The fraction of sp³-hybridized carbons (Fsp3) is 0.174. The number of aryl methyl sites for hydroxylation is 1. The van der Waals surface area contributed by atoms with Crippen LogP contribution in [0.15, 0.2) is 48.8 Å². The van der Waals surface area contributed by atoms with Gasteiger partial charge in [0.25, 0.3) is 5.91 Å². The SMILES string of the molecule is COc1cnc(Cl)cc1-c1cc(C)ncc1C(=O)Nc1nnc(COc2ccc(C(F)(F)F)cc2)s1. The number of pyridine rings is 2. The van der Waals surface area contributed by atoms with Crippen molar-refractivity contribution in [2.24, 2.45) is 0 Å². The second-order valence-corrected chi connectivity index (χ2v) is 8.79. The van der Waals surface area contributed by atoms with Gasteiger partial charge < -0.3 is 9.47 Å². The third-order valence-electron chi connectivity index (χ3n) is 4.86. The fourth-order valence-corrected chi connectivity index (χ4v) is 3.97. The van der Waals surface area contributed by atoms with Crippen LogP contribution in [0.4, 0.5) is 18.3 Å². The summed E-state index contributed by atoms with van der Waals surface area (Å²) in [6.07, 6.45) is -1.53. The summed E-state index contributed by atoms with van der Waals surface area (Å²) in [4.78, 5) is 21.3. The summed E-state index contributed by atoms with van der Waals surface area (Å²) in [5.41, 5.74) is 1.26. The summed E-state index contributed by atoms with van der Waals surface area (Å²) in [7, 11) is 1.48. The molecule has 0 fully saturated rings. The number of alkyl halides is 3. The van der Waals surface area contributed by atoms with Gasteiger partial charge in [0.15, 0.2) is 5.01 Å². The minimum absolute atomic E-state index is 0.0387. The Bertz CT molecular complexity index is 1400. The molecule has 8 nitrogen and oxygen atoms in total. The van der Waals surface area contributed by atoms with E-state index in [1.165, 1.54) is 31.6 Å². The number of halogens is 4. The van der Waals surface area contributed by atoms with Gasteiger partial charge in [0.05, 0.1) is 24.4 Å². The quantitative estimate of drug-likeness (QED) is 0.298. The van der Waals surface area contributed by atoms with Crippen molar-refractivity contribution < 1.29 is 27.4 Å². The van der Waals surface area contributed by atoms with Gasteiger partial charge in [-0.05, 0) is 43.3 Å². The van der Waals surface area contributed by atoms with Crippen molar-refractivity contribution >= 4 is 34.0 Å². The number of rotatable bonds is 7. The zero-order valence-corrected chi connectivity index (χ0v) is 20.3. The first-order chi connectivity index (χ1) is 17.1. The van der Waals surface area contributed by atoms with E-state index in [4.69, 9.17) is 21.1 Å². The topological polar surface area (TPSA) is 99.1 Å². The van der Waals surface area contributed by atoms with Crippen molar-refractivity contribution in [1.29, 1.82) is 0 Å². The Labute approximate surface area is 212 Å². The summed E-state index contributed by atoms with van der Waals surface area (Å²) < 4.78 is 48.9. The molecule has 0 atom stereocenters. The Balaban J connectivity index is 1.48. The lowest BCUT2D eigenvalue weighted by Crippen LogP contribution is -2.14. The van der Waals surface area contributed by atoms with Gasteiger partial charge in [0.1, 0.15) is 23.3 Å². The van der Waals surface area contributed by atoms with Crippen LogP contribution in [0.3, 0.4) is 0 Å². The summed E-state index contributed by atoms with van der Waals surface area (Å²) in [6, 6.07) is 7.62. The molecular weight excluding hydrogens is 519 g/mol. The lowest BCUT2D eigenvalue weighted by Gasteiger charge is -2.13. The number of nitrogens with zero attached hydrogens (tertiary/aromatic N) is 4. The average molecular weight is 536 g/mol. The van der Waals surface area contributed by atoms with Crippen molar-refractivity contribution in [2.45, 2.75) is 19.7 Å². The lowest BCUT2D eigenvalue weighted by molar-refractivity contribution is -0.137. The minimum Gasteiger partial charge on any atom is -0.494 e. The number of hydrogen-bond donors (Lipinski definition) is 1. The molecule has 0 bridgehead atoms. The standard InChI is InChI=1S/C23H17ClF3N5O3S/c1-12-7-15(16-8-19(24)29-10-18(16)34-2)17(9-28-12)21(33)30-22-32-31-20(36-22)11-35-14-5-3-13(4-6-14)23(25,26)27/h3-10H,11H2,1-2H3,(H,30,32,33). The van der Waals surface area contributed by atoms with E-state index in [-0.39, 0.29) is 28.2 Å². The fourth-order valence-electron chi connectivity index (χ4n) is 3.17. The van der Waals surface area contributed by atoms with Gasteiger partial charge in [-0.1, -0.05) is 22.9 Å². The van der Waals surface area contributed by atoms with Gasteiger partial charge in [0, 0.05) is 23.0 Å². The Hall–Kier alpha value is -3.77. The van der Waals surface area contributed by atoms with Crippen LogP contribution in [-0.2, 0) is 12.8 Å². The molecule has 0 saturated carbocycles. The zero-order valence-electron chi connectivity index (χ0n) is 18.8. The molecule has 3 aromatic heterocycles. The van der Waals surface area contributed by atoms with E-state index in [9.17, 15) is 18.0 Å². The molecule has 13 heteroatoms. The molecule has 3 heterocycles. The minimum atomic E-state index is -4.42. The molecule has 36 heavy (non-hydrogen) atoms. The number of carbonyl (C=O) groups excluding carboxylic acids is 1. The Kier molecular flexibility index (Phi) is 7.36. The molecule has 0 aliphatic heterocycles. The molecule has 4 rings (SSSR count). The first kappa shape index (κ1) is 25.3. The number of methoxy groups -OCH3 is 1. The van der Waals surface area contributed by atoms with Gasteiger partial charge in [-0.25, -0.2) is 4.98 Å². The molecule has 0 unspecified atom stereocenters. The largest absolute Gasteiger partial charge is 0.494 e. The Morgan fingerprint density at radius 1 is 1.08 bits per heavy atom. The number of ether oxygens (including phenoxy) is 2. The van der Waals surface area contributed by atoms with Crippen LogP contribution in [0.25, 0.3) is 11.1 Å². The molecule has 1 aromatic carbocycles. The number of amides is 1. The summed E-state index contributed by atoms with van der Waals surface area (Å²) in [5, 5.41) is 11.4. The lowest BCUT2D eigenvalue weighted by atomic mass is 10.0. The van der Waals surface area contributed by atoms with Gasteiger partial charge in [-0.3, -0.25) is 15.1 Å². The molecule has 0 spiro atoms. The van der Waals surface area contributed by atoms with Crippen LogP contribution < -0.4 is 14.8 Å². The van der Waals surface area contributed by atoms with E-state index in [1.807, 2.05) is 0 Å². The van der Waals surface area contributed by atoms with Gasteiger partial charge >= 0.3 is 6.18 Å². The second kappa shape index (κ2) is 10.5. The van der Waals surface area contributed by atoms with Gasteiger partial charge in [-0.2, -0.15) is 13.2 Å².